The topological polar surface area (TPSA) is 20.2 Å². The Balaban J connectivity index is 2.16. The fourth-order valence-electron chi connectivity index (χ4n) is 2.20. The molecule has 0 radical (unpaired) electrons. The van der Waals surface area contributed by atoms with Crippen molar-refractivity contribution in [2.75, 3.05) is 6.61 Å². The second-order valence-electron chi connectivity index (χ2n) is 4.91. The summed E-state index contributed by atoms with van der Waals surface area (Å²) in [6.07, 6.45) is 0.662. The van der Waals surface area contributed by atoms with Crippen LogP contribution < -0.4 is 0 Å². The lowest BCUT2D eigenvalue weighted by Crippen LogP contribution is -2.15. The van der Waals surface area contributed by atoms with Crippen molar-refractivity contribution in [1.29, 1.82) is 0 Å². The van der Waals surface area contributed by atoms with Crippen molar-refractivity contribution in [1.82, 2.24) is 0 Å². The lowest BCUT2D eigenvalue weighted by molar-refractivity contribution is 0.223. The van der Waals surface area contributed by atoms with Crippen molar-refractivity contribution >= 4 is 27.5 Å². The highest BCUT2D eigenvalue weighted by Crippen LogP contribution is 2.25. The van der Waals surface area contributed by atoms with E-state index in [9.17, 15) is 13.9 Å². The van der Waals surface area contributed by atoms with Gasteiger partial charge in [0.2, 0.25) is 0 Å². The second-order valence-corrected chi connectivity index (χ2v) is 6.20. The van der Waals surface area contributed by atoms with Crippen LogP contribution in [-0.4, -0.2) is 11.7 Å². The predicted octanol–water partition coefficient (Wildman–Crippen LogP) is 4.77. The third-order valence-electron chi connectivity index (χ3n) is 3.33. The van der Waals surface area contributed by atoms with Gasteiger partial charge in [0.05, 0.1) is 4.47 Å². The molecule has 2 rings (SSSR count). The lowest BCUT2D eigenvalue weighted by atomic mass is 9.93. The van der Waals surface area contributed by atoms with Gasteiger partial charge in [-0.2, -0.15) is 0 Å². The van der Waals surface area contributed by atoms with E-state index < -0.39 is 11.6 Å². The molecule has 5 heteroatoms. The molecule has 0 aliphatic carbocycles. The molecule has 21 heavy (non-hydrogen) atoms. The molecule has 0 aliphatic rings. The first-order valence-electron chi connectivity index (χ1n) is 6.49. The quantitative estimate of drug-likeness (QED) is 0.746. The van der Waals surface area contributed by atoms with Crippen molar-refractivity contribution in [3.63, 3.8) is 0 Å². The molecular formula is C16H14BrClF2O. The summed E-state index contributed by atoms with van der Waals surface area (Å²) in [5.41, 5.74) is 0.964. The fourth-order valence-corrected chi connectivity index (χ4v) is 2.70. The maximum atomic E-state index is 14.0. The zero-order valence-corrected chi connectivity index (χ0v) is 13.5. The first kappa shape index (κ1) is 16.4. The van der Waals surface area contributed by atoms with Crippen LogP contribution in [0.4, 0.5) is 8.78 Å². The first-order chi connectivity index (χ1) is 10.0. The fraction of sp³-hybridized carbons (Fsp3) is 0.250. The summed E-state index contributed by atoms with van der Waals surface area (Å²) >= 11 is 8.87. The third kappa shape index (κ3) is 4.25. The van der Waals surface area contributed by atoms with Gasteiger partial charge in [-0.25, -0.2) is 8.78 Å². The minimum atomic E-state index is -0.607. The molecule has 0 bridgehead atoms. The van der Waals surface area contributed by atoms with E-state index in [2.05, 4.69) is 15.9 Å². The Morgan fingerprint density at radius 3 is 2.33 bits per heavy atom. The molecule has 0 saturated carbocycles. The summed E-state index contributed by atoms with van der Waals surface area (Å²) in [5, 5.41) is 10.1. The molecule has 0 amide bonds. The molecule has 2 aromatic carbocycles. The molecule has 1 atom stereocenters. The van der Waals surface area contributed by atoms with E-state index in [1.807, 2.05) is 12.1 Å². The summed E-state index contributed by atoms with van der Waals surface area (Å²) in [7, 11) is 0. The number of hydrogen-bond acceptors (Lipinski definition) is 1. The maximum absolute atomic E-state index is 14.0. The first-order valence-corrected chi connectivity index (χ1v) is 7.66. The van der Waals surface area contributed by atoms with Crippen LogP contribution in [0.1, 0.15) is 11.1 Å². The molecule has 0 saturated heterocycles. The number of aliphatic hydroxyl groups excluding tert-OH is 1. The Kier molecular flexibility index (Phi) is 5.73. The summed E-state index contributed by atoms with van der Waals surface area (Å²) in [6, 6.07) is 9.76. The van der Waals surface area contributed by atoms with Gasteiger partial charge in [-0.05, 0) is 64.5 Å². The van der Waals surface area contributed by atoms with Gasteiger partial charge in [0, 0.05) is 17.2 Å². The van der Waals surface area contributed by atoms with Gasteiger partial charge in [-0.1, -0.05) is 23.7 Å². The van der Waals surface area contributed by atoms with E-state index in [1.165, 1.54) is 12.1 Å². The van der Waals surface area contributed by atoms with E-state index in [4.69, 9.17) is 11.6 Å². The normalized spacial score (nSPS) is 12.4. The largest absolute Gasteiger partial charge is 0.396 e. The van der Waals surface area contributed by atoms with Gasteiger partial charge in [-0.3, -0.25) is 0 Å². The Hall–Kier alpha value is -0.970. The highest BCUT2D eigenvalue weighted by Gasteiger charge is 2.18. The van der Waals surface area contributed by atoms with Crippen molar-refractivity contribution < 1.29 is 13.9 Å². The van der Waals surface area contributed by atoms with Crippen LogP contribution in [0, 0.1) is 17.6 Å². The highest BCUT2D eigenvalue weighted by molar-refractivity contribution is 9.10. The summed E-state index contributed by atoms with van der Waals surface area (Å²) in [6.45, 7) is -0.145. The molecule has 1 unspecified atom stereocenters. The number of rotatable bonds is 5. The SMILES string of the molecule is OCC(Cc1ccc(Cl)cc1)Cc1c(F)ccc(Br)c1F. The molecular weight excluding hydrogens is 362 g/mol. The van der Waals surface area contributed by atoms with Crippen molar-refractivity contribution in [2.24, 2.45) is 5.92 Å². The minimum absolute atomic E-state index is 0.00242. The van der Waals surface area contributed by atoms with Crippen LogP contribution in [0.15, 0.2) is 40.9 Å². The Labute approximate surface area is 135 Å². The molecule has 1 nitrogen and oxygen atoms in total. The highest BCUT2D eigenvalue weighted by atomic mass is 79.9. The van der Waals surface area contributed by atoms with Crippen molar-refractivity contribution in [3.8, 4) is 0 Å². The van der Waals surface area contributed by atoms with Gasteiger partial charge < -0.3 is 5.11 Å². The second kappa shape index (κ2) is 7.34. The van der Waals surface area contributed by atoms with Crippen LogP contribution in [0.3, 0.4) is 0 Å². The van der Waals surface area contributed by atoms with E-state index >= 15 is 0 Å². The summed E-state index contributed by atoms with van der Waals surface area (Å²) in [5.74, 6) is -1.46. The van der Waals surface area contributed by atoms with Crippen molar-refractivity contribution in [2.45, 2.75) is 12.8 Å². The molecule has 1 N–H and O–H groups in total. The Bertz CT molecular complexity index is 616. The molecule has 2 aromatic rings. The van der Waals surface area contributed by atoms with Crippen molar-refractivity contribution in [3.05, 3.63) is 68.7 Å². The van der Waals surface area contributed by atoms with E-state index in [1.54, 1.807) is 12.1 Å². The van der Waals surface area contributed by atoms with Gasteiger partial charge in [-0.15, -0.1) is 0 Å². The zero-order chi connectivity index (χ0) is 15.4. The number of hydrogen-bond donors (Lipinski definition) is 1. The van der Waals surface area contributed by atoms with Crippen LogP contribution >= 0.6 is 27.5 Å². The van der Waals surface area contributed by atoms with E-state index in [0.717, 1.165) is 5.56 Å². The number of aliphatic hydroxyl groups is 1. The lowest BCUT2D eigenvalue weighted by Gasteiger charge is -2.16. The zero-order valence-electron chi connectivity index (χ0n) is 11.1. The molecule has 0 spiro atoms. The monoisotopic (exact) mass is 374 g/mol. The summed E-state index contributed by atoms with van der Waals surface area (Å²) in [4.78, 5) is 0. The summed E-state index contributed by atoms with van der Waals surface area (Å²) < 4.78 is 27.9. The van der Waals surface area contributed by atoms with Gasteiger partial charge in [0.1, 0.15) is 11.6 Å². The maximum Gasteiger partial charge on any atom is 0.143 e. The average molecular weight is 376 g/mol. The van der Waals surface area contributed by atoms with Gasteiger partial charge >= 0.3 is 0 Å². The standard InChI is InChI=1S/C16H14BrClF2O/c17-14-5-6-15(19)13(16(14)20)8-11(9-21)7-10-1-3-12(18)4-2-10/h1-6,11,21H,7-9H2. The van der Waals surface area contributed by atoms with Gasteiger partial charge in [0.15, 0.2) is 0 Å². The number of halogens is 4. The molecule has 0 fully saturated rings. The number of benzene rings is 2. The van der Waals surface area contributed by atoms with E-state index in [-0.39, 0.29) is 29.0 Å². The van der Waals surface area contributed by atoms with Crippen LogP contribution in [0.5, 0.6) is 0 Å². The Morgan fingerprint density at radius 2 is 1.71 bits per heavy atom. The van der Waals surface area contributed by atoms with Crippen LogP contribution in [0.25, 0.3) is 0 Å². The average Bonchev–Trinajstić information content (AvgIpc) is 2.48. The van der Waals surface area contributed by atoms with Crippen LogP contribution in [-0.2, 0) is 12.8 Å². The molecule has 0 aromatic heterocycles. The minimum Gasteiger partial charge on any atom is -0.396 e. The van der Waals surface area contributed by atoms with E-state index in [0.29, 0.717) is 11.4 Å². The Morgan fingerprint density at radius 1 is 1.05 bits per heavy atom. The van der Waals surface area contributed by atoms with Gasteiger partial charge in [0.25, 0.3) is 0 Å². The molecule has 112 valence electrons. The molecule has 0 heterocycles. The van der Waals surface area contributed by atoms with Crippen LogP contribution in [0.2, 0.25) is 5.02 Å². The third-order valence-corrected chi connectivity index (χ3v) is 4.19. The smallest absolute Gasteiger partial charge is 0.143 e. The predicted molar refractivity (Wildman–Crippen MR) is 83.5 cm³/mol. The molecule has 0 aliphatic heterocycles.